The summed E-state index contributed by atoms with van der Waals surface area (Å²) in [6, 6.07) is 16.3. The predicted octanol–water partition coefficient (Wildman–Crippen LogP) is 3.25. The van der Waals surface area contributed by atoms with Gasteiger partial charge >= 0.3 is 0 Å². The normalized spacial score (nSPS) is 11.3. The van der Waals surface area contributed by atoms with Gasteiger partial charge in [-0.3, -0.25) is 4.79 Å². The lowest BCUT2D eigenvalue weighted by molar-refractivity contribution is 0.112. The van der Waals surface area contributed by atoms with E-state index in [2.05, 4.69) is 38.1 Å². The summed E-state index contributed by atoms with van der Waals surface area (Å²) in [5.41, 5.74) is 2.17. The van der Waals surface area contributed by atoms with Crippen molar-refractivity contribution in [1.29, 1.82) is 0 Å². The van der Waals surface area contributed by atoms with Crippen LogP contribution in [0.5, 0.6) is 0 Å². The van der Waals surface area contributed by atoms with Crippen molar-refractivity contribution in [2.45, 2.75) is 19.8 Å². The zero-order valence-electron chi connectivity index (χ0n) is 10.7. The highest BCUT2D eigenvalue weighted by Gasteiger charge is 2.08. The van der Waals surface area contributed by atoms with E-state index in [1.807, 2.05) is 24.3 Å². The largest absolute Gasteiger partial charge is 0.298 e. The Kier molecular flexibility index (Phi) is 4.28. The topological polar surface area (TPSA) is 17.1 Å². The first kappa shape index (κ1) is 13.0. The SMILES string of the molecule is CC(C)c1ccccc1Pc1ccccc1C=O. The van der Waals surface area contributed by atoms with Crippen LogP contribution in [0.1, 0.15) is 35.7 Å². The average molecular weight is 256 g/mol. The van der Waals surface area contributed by atoms with Crippen molar-refractivity contribution in [3.05, 3.63) is 59.7 Å². The molecule has 0 radical (unpaired) electrons. The van der Waals surface area contributed by atoms with E-state index in [1.165, 1.54) is 10.9 Å². The van der Waals surface area contributed by atoms with E-state index in [0.29, 0.717) is 14.5 Å². The van der Waals surface area contributed by atoms with E-state index >= 15 is 0 Å². The first-order valence-electron chi connectivity index (χ1n) is 6.12. The third-order valence-corrected chi connectivity index (χ3v) is 4.39. The van der Waals surface area contributed by atoms with Gasteiger partial charge in [0.1, 0.15) is 0 Å². The molecule has 0 aliphatic heterocycles. The van der Waals surface area contributed by atoms with Gasteiger partial charge in [-0.1, -0.05) is 71.0 Å². The highest BCUT2D eigenvalue weighted by molar-refractivity contribution is 7.55. The van der Waals surface area contributed by atoms with Gasteiger partial charge in [0.25, 0.3) is 0 Å². The Bertz CT molecular complexity index is 546. The number of aldehydes is 1. The van der Waals surface area contributed by atoms with E-state index in [1.54, 1.807) is 0 Å². The van der Waals surface area contributed by atoms with Crippen molar-refractivity contribution < 1.29 is 4.79 Å². The van der Waals surface area contributed by atoms with Gasteiger partial charge in [0.15, 0.2) is 6.29 Å². The highest BCUT2D eigenvalue weighted by Crippen LogP contribution is 2.20. The molecule has 2 aromatic carbocycles. The van der Waals surface area contributed by atoms with Crippen LogP contribution in [-0.2, 0) is 0 Å². The van der Waals surface area contributed by atoms with Crippen LogP contribution < -0.4 is 10.6 Å². The summed E-state index contributed by atoms with van der Waals surface area (Å²) >= 11 is 0. The van der Waals surface area contributed by atoms with Crippen molar-refractivity contribution in [2.24, 2.45) is 0 Å². The Morgan fingerprint density at radius 2 is 1.56 bits per heavy atom. The Hall–Kier alpha value is -1.46. The molecule has 0 aliphatic rings. The smallest absolute Gasteiger partial charge is 0.150 e. The van der Waals surface area contributed by atoms with Crippen LogP contribution in [0.2, 0.25) is 0 Å². The molecule has 1 atom stereocenters. The Morgan fingerprint density at radius 1 is 0.944 bits per heavy atom. The minimum Gasteiger partial charge on any atom is -0.298 e. The van der Waals surface area contributed by atoms with Gasteiger partial charge < -0.3 is 0 Å². The van der Waals surface area contributed by atoms with Crippen LogP contribution >= 0.6 is 8.58 Å². The van der Waals surface area contributed by atoms with Gasteiger partial charge in [-0.2, -0.15) is 0 Å². The maximum absolute atomic E-state index is 11.0. The third kappa shape index (κ3) is 2.86. The maximum atomic E-state index is 11.0. The predicted molar refractivity (Wildman–Crippen MR) is 79.9 cm³/mol. The Morgan fingerprint density at radius 3 is 2.22 bits per heavy atom. The second kappa shape index (κ2) is 5.93. The molecule has 18 heavy (non-hydrogen) atoms. The van der Waals surface area contributed by atoms with E-state index in [9.17, 15) is 4.79 Å². The molecule has 0 saturated heterocycles. The molecule has 1 unspecified atom stereocenters. The standard InChI is InChI=1S/C16H17OP/c1-12(2)14-8-4-6-10-16(14)18-15-9-5-3-7-13(15)11-17/h3-12,18H,1-2H3. The third-order valence-electron chi connectivity index (χ3n) is 2.94. The van der Waals surface area contributed by atoms with Crippen molar-refractivity contribution in [2.75, 3.05) is 0 Å². The van der Waals surface area contributed by atoms with E-state index < -0.39 is 0 Å². The Labute approximate surface area is 110 Å². The fourth-order valence-electron chi connectivity index (χ4n) is 1.97. The van der Waals surface area contributed by atoms with Gasteiger partial charge in [-0.15, -0.1) is 0 Å². The lowest BCUT2D eigenvalue weighted by atomic mass is 10.0. The van der Waals surface area contributed by atoms with Crippen molar-refractivity contribution in [3.8, 4) is 0 Å². The second-order valence-electron chi connectivity index (χ2n) is 4.57. The molecule has 2 aromatic rings. The minimum atomic E-state index is 0.511. The molecule has 0 aromatic heterocycles. The molecular formula is C16H17OP. The molecule has 1 nitrogen and oxygen atoms in total. The summed E-state index contributed by atoms with van der Waals surface area (Å²) in [7, 11) is 0.543. The molecule has 0 saturated carbocycles. The monoisotopic (exact) mass is 256 g/mol. The van der Waals surface area contributed by atoms with Gasteiger partial charge in [-0.25, -0.2) is 0 Å². The molecule has 0 N–H and O–H groups in total. The average Bonchev–Trinajstić information content (AvgIpc) is 2.40. The first-order valence-corrected chi connectivity index (χ1v) is 7.12. The van der Waals surface area contributed by atoms with Crippen LogP contribution in [0, 0.1) is 0 Å². The van der Waals surface area contributed by atoms with E-state index in [-0.39, 0.29) is 0 Å². The van der Waals surface area contributed by atoms with Crippen LogP contribution in [0.15, 0.2) is 48.5 Å². The van der Waals surface area contributed by atoms with Crippen molar-refractivity contribution in [1.82, 2.24) is 0 Å². The molecule has 0 spiro atoms. The number of carbonyl (C=O) groups excluding carboxylic acids is 1. The molecule has 0 heterocycles. The fourth-order valence-corrected chi connectivity index (χ4v) is 3.43. The molecule has 2 heteroatoms. The summed E-state index contributed by atoms with van der Waals surface area (Å²) in [6.07, 6.45) is 0.945. The molecule has 0 fully saturated rings. The fraction of sp³-hybridized carbons (Fsp3) is 0.188. The Balaban J connectivity index is 2.37. The molecule has 0 aliphatic carbocycles. The molecule has 2 rings (SSSR count). The van der Waals surface area contributed by atoms with Gasteiger partial charge in [0, 0.05) is 5.56 Å². The summed E-state index contributed by atoms with van der Waals surface area (Å²) in [5.74, 6) is 0.511. The van der Waals surface area contributed by atoms with Crippen molar-refractivity contribution in [3.63, 3.8) is 0 Å². The quantitative estimate of drug-likeness (QED) is 0.606. The molecular weight excluding hydrogens is 239 g/mol. The van der Waals surface area contributed by atoms with Crippen LogP contribution in [-0.4, -0.2) is 6.29 Å². The summed E-state index contributed by atoms with van der Waals surface area (Å²) < 4.78 is 0. The van der Waals surface area contributed by atoms with E-state index in [0.717, 1.165) is 17.2 Å². The highest BCUT2D eigenvalue weighted by atomic mass is 31.1. The number of hydrogen-bond acceptors (Lipinski definition) is 1. The van der Waals surface area contributed by atoms with Gasteiger partial charge in [0.05, 0.1) is 0 Å². The number of benzene rings is 2. The van der Waals surface area contributed by atoms with Crippen molar-refractivity contribution >= 4 is 25.5 Å². The molecule has 92 valence electrons. The number of rotatable bonds is 4. The summed E-state index contributed by atoms with van der Waals surface area (Å²) in [4.78, 5) is 11.0. The van der Waals surface area contributed by atoms with Gasteiger partial charge in [-0.05, 0) is 22.1 Å². The summed E-state index contributed by atoms with van der Waals surface area (Å²) in [5, 5.41) is 2.46. The second-order valence-corrected chi connectivity index (χ2v) is 5.90. The van der Waals surface area contributed by atoms with E-state index in [4.69, 9.17) is 0 Å². The van der Waals surface area contributed by atoms with Gasteiger partial charge in [0.2, 0.25) is 0 Å². The molecule has 0 bridgehead atoms. The lowest BCUT2D eigenvalue weighted by Crippen LogP contribution is -2.12. The summed E-state index contributed by atoms with van der Waals surface area (Å²) in [6.45, 7) is 4.41. The maximum Gasteiger partial charge on any atom is 0.150 e. The zero-order valence-corrected chi connectivity index (χ0v) is 11.7. The first-order chi connectivity index (χ1) is 8.72. The van der Waals surface area contributed by atoms with Crippen LogP contribution in [0.4, 0.5) is 0 Å². The van der Waals surface area contributed by atoms with Crippen LogP contribution in [0.3, 0.4) is 0 Å². The zero-order chi connectivity index (χ0) is 13.0. The molecule has 0 amide bonds. The minimum absolute atomic E-state index is 0.511. The number of carbonyl (C=O) groups is 1. The number of hydrogen-bond donors (Lipinski definition) is 0. The lowest BCUT2D eigenvalue weighted by Gasteiger charge is -2.13. The van der Waals surface area contributed by atoms with Crippen LogP contribution in [0.25, 0.3) is 0 Å².